The van der Waals surface area contributed by atoms with Gasteiger partial charge in [-0.1, -0.05) is 18.2 Å². The molecule has 0 radical (unpaired) electrons. The van der Waals surface area contributed by atoms with Crippen LogP contribution in [0.1, 0.15) is 37.7 Å². The molecular formula is C16H21ClFNO. The Bertz CT molecular complexity index is 467. The van der Waals surface area contributed by atoms with Crippen molar-refractivity contribution in [1.29, 1.82) is 0 Å². The molecule has 4 heteroatoms. The van der Waals surface area contributed by atoms with E-state index in [1.165, 1.54) is 18.9 Å². The number of Topliss-reactive ketones (excluding diaryl/α,β-unsaturated/α-hetero) is 1. The zero-order valence-electron chi connectivity index (χ0n) is 11.5. The maximum Gasteiger partial charge on any atom is 0.137 e. The van der Waals surface area contributed by atoms with Gasteiger partial charge in [0.1, 0.15) is 11.6 Å². The van der Waals surface area contributed by atoms with Crippen molar-refractivity contribution in [3.05, 3.63) is 35.6 Å². The van der Waals surface area contributed by atoms with Crippen LogP contribution in [0.4, 0.5) is 4.39 Å². The SMILES string of the molecule is Cl.O=C(Cc1ccccc1F)CC1CC2CCC(C1)N2. The molecule has 2 aliphatic rings. The highest BCUT2D eigenvalue weighted by atomic mass is 35.5. The Hall–Kier alpha value is -0.930. The fraction of sp³-hybridized carbons (Fsp3) is 0.562. The van der Waals surface area contributed by atoms with Gasteiger partial charge in [0.05, 0.1) is 0 Å². The second-order valence-corrected chi connectivity index (χ2v) is 5.99. The Kier molecular flexibility index (Phi) is 5.17. The third kappa shape index (κ3) is 3.58. The minimum atomic E-state index is -0.263. The zero-order chi connectivity index (χ0) is 13.2. The summed E-state index contributed by atoms with van der Waals surface area (Å²) in [6.07, 6.45) is 5.58. The molecule has 1 aromatic carbocycles. The molecule has 0 saturated carbocycles. The summed E-state index contributed by atoms with van der Waals surface area (Å²) in [4.78, 5) is 12.1. The first kappa shape index (κ1) is 15.5. The fourth-order valence-corrected chi connectivity index (χ4v) is 3.59. The first-order valence-electron chi connectivity index (χ1n) is 7.22. The maximum absolute atomic E-state index is 13.5. The van der Waals surface area contributed by atoms with Crippen LogP contribution in [0, 0.1) is 11.7 Å². The molecule has 0 spiro atoms. The van der Waals surface area contributed by atoms with E-state index in [1.54, 1.807) is 18.2 Å². The number of carbonyl (C=O) groups excluding carboxylic acids is 1. The number of benzene rings is 1. The van der Waals surface area contributed by atoms with Gasteiger partial charge in [-0.3, -0.25) is 4.79 Å². The van der Waals surface area contributed by atoms with Gasteiger partial charge in [-0.25, -0.2) is 4.39 Å². The van der Waals surface area contributed by atoms with Crippen molar-refractivity contribution in [2.24, 2.45) is 5.92 Å². The largest absolute Gasteiger partial charge is 0.311 e. The van der Waals surface area contributed by atoms with E-state index in [1.807, 2.05) is 0 Å². The molecule has 3 rings (SSSR count). The quantitative estimate of drug-likeness (QED) is 0.924. The number of halogens is 2. The number of hydrogen-bond acceptors (Lipinski definition) is 2. The lowest BCUT2D eigenvalue weighted by atomic mass is 9.87. The Morgan fingerprint density at radius 1 is 1.20 bits per heavy atom. The molecule has 2 nitrogen and oxygen atoms in total. The third-order valence-electron chi connectivity index (χ3n) is 4.43. The minimum Gasteiger partial charge on any atom is -0.311 e. The van der Waals surface area contributed by atoms with Gasteiger partial charge in [-0.15, -0.1) is 12.4 Å². The summed E-state index contributed by atoms with van der Waals surface area (Å²) in [7, 11) is 0. The highest BCUT2D eigenvalue weighted by molar-refractivity contribution is 5.85. The Balaban J connectivity index is 0.00000147. The van der Waals surface area contributed by atoms with Crippen LogP contribution in [0.25, 0.3) is 0 Å². The van der Waals surface area contributed by atoms with Gasteiger partial charge in [0.2, 0.25) is 0 Å². The molecule has 1 N–H and O–H groups in total. The van der Waals surface area contributed by atoms with Crippen molar-refractivity contribution in [3.63, 3.8) is 0 Å². The van der Waals surface area contributed by atoms with E-state index in [4.69, 9.17) is 0 Å². The average molecular weight is 298 g/mol. The van der Waals surface area contributed by atoms with E-state index < -0.39 is 0 Å². The Morgan fingerprint density at radius 2 is 1.85 bits per heavy atom. The standard InChI is InChI=1S/C16H20FNO.ClH/c17-16-4-2-1-3-12(16)10-15(19)9-11-7-13-5-6-14(8-11)18-13;/h1-4,11,13-14,18H,5-10H2;1H. The van der Waals surface area contributed by atoms with Crippen LogP contribution in [0.2, 0.25) is 0 Å². The molecule has 0 aliphatic carbocycles. The summed E-state index contributed by atoms with van der Waals surface area (Å²) in [5.41, 5.74) is 0.532. The van der Waals surface area contributed by atoms with Gasteiger partial charge in [0, 0.05) is 24.9 Å². The maximum atomic E-state index is 13.5. The lowest BCUT2D eigenvalue weighted by molar-refractivity contribution is -0.119. The van der Waals surface area contributed by atoms with Crippen molar-refractivity contribution in [2.45, 2.75) is 50.6 Å². The third-order valence-corrected chi connectivity index (χ3v) is 4.43. The Morgan fingerprint density at radius 3 is 2.50 bits per heavy atom. The zero-order valence-corrected chi connectivity index (χ0v) is 12.3. The highest BCUT2D eigenvalue weighted by Crippen LogP contribution is 2.33. The second-order valence-electron chi connectivity index (χ2n) is 5.99. The molecule has 20 heavy (non-hydrogen) atoms. The molecule has 2 heterocycles. The molecule has 110 valence electrons. The number of carbonyl (C=O) groups is 1. The normalized spacial score (nSPS) is 27.9. The number of nitrogens with one attached hydrogen (secondary N) is 1. The van der Waals surface area contributed by atoms with Gasteiger partial charge < -0.3 is 5.32 Å². The van der Waals surface area contributed by atoms with Gasteiger partial charge in [-0.05, 0) is 43.2 Å². The number of ketones is 1. The van der Waals surface area contributed by atoms with Gasteiger partial charge in [-0.2, -0.15) is 0 Å². The second kappa shape index (κ2) is 6.68. The van der Waals surface area contributed by atoms with Crippen molar-refractivity contribution < 1.29 is 9.18 Å². The number of hydrogen-bond donors (Lipinski definition) is 1. The summed E-state index contributed by atoms with van der Waals surface area (Å²) in [5.74, 6) is 0.413. The fourth-order valence-electron chi connectivity index (χ4n) is 3.59. The van der Waals surface area contributed by atoms with Crippen LogP contribution in [-0.2, 0) is 11.2 Å². The number of piperidine rings is 1. The molecule has 0 aromatic heterocycles. The van der Waals surface area contributed by atoms with E-state index in [9.17, 15) is 9.18 Å². The first-order valence-corrected chi connectivity index (χ1v) is 7.22. The van der Waals surface area contributed by atoms with Crippen molar-refractivity contribution >= 4 is 18.2 Å². The molecule has 2 atom stereocenters. The molecule has 2 aliphatic heterocycles. The highest BCUT2D eigenvalue weighted by Gasteiger charge is 2.34. The van der Waals surface area contributed by atoms with E-state index >= 15 is 0 Å². The van der Waals surface area contributed by atoms with Crippen LogP contribution < -0.4 is 5.32 Å². The average Bonchev–Trinajstić information content (AvgIpc) is 2.72. The van der Waals surface area contributed by atoms with E-state index in [0.29, 0.717) is 30.0 Å². The van der Waals surface area contributed by atoms with Crippen LogP contribution in [-0.4, -0.2) is 17.9 Å². The van der Waals surface area contributed by atoms with Crippen LogP contribution in [0.3, 0.4) is 0 Å². The van der Waals surface area contributed by atoms with E-state index in [-0.39, 0.29) is 30.4 Å². The van der Waals surface area contributed by atoms with Crippen molar-refractivity contribution in [2.75, 3.05) is 0 Å². The molecule has 2 saturated heterocycles. The monoisotopic (exact) mass is 297 g/mol. The molecule has 0 amide bonds. The summed E-state index contributed by atoms with van der Waals surface area (Å²) in [6, 6.07) is 7.81. The predicted molar refractivity (Wildman–Crippen MR) is 79.6 cm³/mol. The van der Waals surface area contributed by atoms with Crippen LogP contribution >= 0.6 is 12.4 Å². The van der Waals surface area contributed by atoms with E-state index in [0.717, 1.165) is 12.8 Å². The summed E-state index contributed by atoms with van der Waals surface area (Å²) >= 11 is 0. The molecule has 1 aromatic rings. The first-order chi connectivity index (χ1) is 9.20. The summed E-state index contributed by atoms with van der Waals surface area (Å²) in [5, 5.41) is 3.58. The van der Waals surface area contributed by atoms with Crippen LogP contribution in [0.15, 0.2) is 24.3 Å². The molecular weight excluding hydrogens is 277 g/mol. The number of rotatable bonds is 4. The number of fused-ring (bicyclic) bond motifs is 2. The van der Waals surface area contributed by atoms with Crippen LogP contribution in [0.5, 0.6) is 0 Å². The minimum absolute atomic E-state index is 0. The summed E-state index contributed by atoms with van der Waals surface area (Å²) < 4.78 is 13.5. The smallest absolute Gasteiger partial charge is 0.137 e. The topological polar surface area (TPSA) is 29.1 Å². The Labute approximate surface area is 125 Å². The predicted octanol–water partition coefficient (Wildman–Crippen LogP) is 3.28. The molecule has 2 fully saturated rings. The lowest BCUT2D eigenvalue weighted by Crippen LogP contribution is -2.38. The van der Waals surface area contributed by atoms with Gasteiger partial charge in [0.15, 0.2) is 0 Å². The lowest BCUT2D eigenvalue weighted by Gasteiger charge is -2.28. The molecule has 2 bridgehead atoms. The summed E-state index contributed by atoms with van der Waals surface area (Å²) in [6.45, 7) is 0. The van der Waals surface area contributed by atoms with Crippen molar-refractivity contribution in [1.82, 2.24) is 5.32 Å². The van der Waals surface area contributed by atoms with E-state index in [2.05, 4.69) is 5.32 Å². The van der Waals surface area contributed by atoms with Gasteiger partial charge in [0.25, 0.3) is 0 Å². The van der Waals surface area contributed by atoms with Crippen molar-refractivity contribution in [3.8, 4) is 0 Å². The molecule has 2 unspecified atom stereocenters. The van der Waals surface area contributed by atoms with Gasteiger partial charge >= 0.3 is 0 Å².